The largest absolute Gasteiger partial charge is 0.394 e. The third-order valence-corrected chi connectivity index (χ3v) is 5.18. The minimum absolute atomic E-state index is 0.321. The zero-order valence-corrected chi connectivity index (χ0v) is 16.3. The number of H-pyrrole nitrogens is 1. The van der Waals surface area contributed by atoms with Crippen molar-refractivity contribution in [2.24, 2.45) is 0 Å². The molecule has 1 saturated heterocycles. The van der Waals surface area contributed by atoms with Crippen LogP contribution in [-0.4, -0.2) is 87.0 Å². The Morgan fingerprint density at radius 1 is 1.16 bits per heavy atom. The van der Waals surface area contributed by atoms with Crippen molar-refractivity contribution in [1.29, 1.82) is 0 Å². The molecule has 0 bridgehead atoms. The zero-order chi connectivity index (χ0) is 21.5. The Hall–Kier alpha value is -3.52. The van der Waals surface area contributed by atoms with Gasteiger partial charge in [-0.15, -0.1) is 0 Å². The Labute approximate surface area is 174 Å². The van der Waals surface area contributed by atoms with Gasteiger partial charge in [-0.05, 0) is 0 Å². The number of imidazole rings is 1. The first-order valence-corrected chi connectivity index (χ1v) is 9.46. The summed E-state index contributed by atoms with van der Waals surface area (Å²) in [5.41, 5.74) is 2.81. The lowest BCUT2D eigenvalue weighted by Gasteiger charge is -2.17. The van der Waals surface area contributed by atoms with Crippen molar-refractivity contribution >= 4 is 17.0 Å². The van der Waals surface area contributed by atoms with Crippen molar-refractivity contribution in [3.05, 3.63) is 31.2 Å². The van der Waals surface area contributed by atoms with Gasteiger partial charge in [0, 0.05) is 30.6 Å². The van der Waals surface area contributed by atoms with E-state index < -0.39 is 31.1 Å². The smallest absolute Gasteiger partial charge is 0.182 e. The first kappa shape index (κ1) is 19.4. The fraction of sp³-hybridized carbons (Fsp3) is 0.333. The number of hydrogen-bond acceptors (Lipinski definition) is 11. The Kier molecular flexibility index (Phi) is 4.78. The summed E-state index contributed by atoms with van der Waals surface area (Å²) in [6.07, 6.45) is 3.42. The molecule has 160 valence electrons. The van der Waals surface area contributed by atoms with E-state index in [2.05, 4.69) is 40.4 Å². The van der Waals surface area contributed by atoms with Crippen molar-refractivity contribution in [3.63, 3.8) is 0 Å². The van der Waals surface area contributed by atoms with E-state index in [0.29, 0.717) is 34.1 Å². The summed E-state index contributed by atoms with van der Waals surface area (Å²) >= 11 is 0. The SMILES string of the molecule is CNc1nc(-c2[nH]ncc2-c2cncnc2)nc2c1ncn2[C@@H]1O[C@H](CO)[C@@H](O)[C@H]1O. The third kappa shape index (κ3) is 3.11. The number of aliphatic hydroxyl groups is 3. The second kappa shape index (κ2) is 7.63. The van der Waals surface area contributed by atoms with Crippen LogP contribution in [0.2, 0.25) is 0 Å². The van der Waals surface area contributed by atoms with Crippen LogP contribution in [0.4, 0.5) is 5.82 Å². The molecule has 0 unspecified atom stereocenters. The lowest BCUT2D eigenvalue weighted by atomic mass is 10.1. The summed E-state index contributed by atoms with van der Waals surface area (Å²) < 4.78 is 7.15. The van der Waals surface area contributed by atoms with E-state index in [1.54, 1.807) is 25.6 Å². The molecule has 0 aliphatic carbocycles. The Bertz CT molecular complexity index is 1210. The number of rotatable bonds is 5. The molecular weight excluding hydrogens is 406 g/mol. The number of nitrogens with zero attached hydrogens (tertiary/aromatic N) is 7. The van der Waals surface area contributed by atoms with Crippen LogP contribution in [0.5, 0.6) is 0 Å². The maximum atomic E-state index is 10.4. The molecule has 0 saturated carbocycles. The zero-order valence-electron chi connectivity index (χ0n) is 16.3. The fourth-order valence-electron chi connectivity index (χ4n) is 3.61. The van der Waals surface area contributed by atoms with Gasteiger partial charge in [-0.1, -0.05) is 0 Å². The lowest BCUT2D eigenvalue weighted by molar-refractivity contribution is -0.0511. The van der Waals surface area contributed by atoms with Gasteiger partial charge in [-0.2, -0.15) is 5.10 Å². The molecule has 13 heteroatoms. The summed E-state index contributed by atoms with van der Waals surface area (Å²) in [5, 5.41) is 40.0. The van der Waals surface area contributed by atoms with Crippen LogP contribution in [0, 0.1) is 0 Å². The first-order chi connectivity index (χ1) is 15.1. The molecule has 0 radical (unpaired) electrons. The van der Waals surface area contributed by atoms with Crippen LogP contribution in [0.15, 0.2) is 31.2 Å². The molecule has 1 aliphatic rings. The minimum atomic E-state index is -1.27. The molecule has 1 fully saturated rings. The van der Waals surface area contributed by atoms with E-state index in [4.69, 9.17) is 4.74 Å². The quantitative estimate of drug-likeness (QED) is 0.273. The summed E-state index contributed by atoms with van der Waals surface area (Å²) in [7, 11) is 1.70. The predicted molar refractivity (Wildman–Crippen MR) is 106 cm³/mol. The second-order valence-electron chi connectivity index (χ2n) is 6.98. The maximum absolute atomic E-state index is 10.4. The van der Waals surface area contributed by atoms with E-state index in [-0.39, 0.29) is 0 Å². The van der Waals surface area contributed by atoms with Crippen molar-refractivity contribution in [3.8, 4) is 22.6 Å². The van der Waals surface area contributed by atoms with Gasteiger partial charge in [0.2, 0.25) is 0 Å². The second-order valence-corrected chi connectivity index (χ2v) is 6.98. The summed E-state index contributed by atoms with van der Waals surface area (Å²) in [5.74, 6) is 0.775. The molecule has 4 aromatic heterocycles. The van der Waals surface area contributed by atoms with Gasteiger partial charge in [0.15, 0.2) is 29.0 Å². The standard InChI is InChI=1S/C18H19N9O4/c1-19-15-12-17(27(7-22-12)18-14(30)13(29)10(5-28)31-18)25-16(24-15)11-9(4-23-26-11)8-2-20-6-21-3-8/h2-4,6-7,10,13-14,18,28-30H,5H2,1H3,(H,23,26)(H,19,24,25)/t10-,13-,14-,18-/m1/s1. The van der Waals surface area contributed by atoms with Crippen LogP contribution >= 0.6 is 0 Å². The molecule has 1 aliphatic heterocycles. The normalized spacial score (nSPS) is 23.5. The summed E-state index contributed by atoms with van der Waals surface area (Å²) in [6, 6.07) is 0. The molecular formula is C18H19N9O4. The molecule has 13 nitrogen and oxygen atoms in total. The topological polar surface area (TPSA) is 180 Å². The van der Waals surface area contributed by atoms with E-state index in [1.165, 1.54) is 17.2 Å². The molecule has 31 heavy (non-hydrogen) atoms. The van der Waals surface area contributed by atoms with E-state index in [0.717, 1.165) is 5.56 Å². The fourth-order valence-corrected chi connectivity index (χ4v) is 3.61. The average Bonchev–Trinajstić information content (AvgIpc) is 3.52. The van der Waals surface area contributed by atoms with E-state index in [9.17, 15) is 15.3 Å². The summed E-state index contributed by atoms with van der Waals surface area (Å²) in [4.78, 5) is 21.6. The van der Waals surface area contributed by atoms with Gasteiger partial charge in [-0.3, -0.25) is 9.67 Å². The number of fused-ring (bicyclic) bond motifs is 1. The number of anilines is 1. The number of nitrogens with one attached hydrogen (secondary N) is 2. The van der Waals surface area contributed by atoms with Gasteiger partial charge in [0.05, 0.1) is 19.1 Å². The van der Waals surface area contributed by atoms with Gasteiger partial charge in [0.25, 0.3) is 0 Å². The monoisotopic (exact) mass is 425 g/mol. The molecule has 5 heterocycles. The summed E-state index contributed by atoms with van der Waals surface area (Å²) in [6.45, 7) is -0.431. The third-order valence-electron chi connectivity index (χ3n) is 5.18. The molecule has 4 aromatic rings. The molecule has 4 atom stereocenters. The van der Waals surface area contributed by atoms with Crippen molar-refractivity contribution in [2.45, 2.75) is 24.5 Å². The van der Waals surface area contributed by atoms with E-state index in [1.807, 2.05) is 0 Å². The van der Waals surface area contributed by atoms with Crippen LogP contribution in [0.3, 0.4) is 0 Å². The van der Waals surface area contributed by atoms with Gasteiger partial charge in [-0.25, -0.2) is 24.9 Å². The van der Waals surface area contributed by atoms with Gasteiger partial charge >= 0.3 is 0 Å². The number of aromatic nitrogens is 8. The highest BCUT2D eigenvalue weighted by Gasteiger charge is 2.44. The highest BCUT2D eigenvalue weighted by atomic mass is 16.6. The lowest BCUT2D eigenvalue weighted by Crippen LogP contribution is -2.33. The van der Waals surface area contributed by atoms with Crippen molar-refractivity contribution in [2.75, 3.05) is 19.0 Å². The molecule has 5 N–H and O–H groups in total. The van der Waals surface area contributed by atoms with Gasteiger partial charge in [0.1, 0.15) is 30.3 Å². The molecule has 0 aromatic carbocycles. The predicted octanol–water partition coefficient (Wildman–Crippen LogP) is -0.673. The highest BCUT2D eigenvalue weighted by Crippen LogP contribution is 2.34. The Morgan fingerprint density at radius 3 is 2.68 bits per heavy atom. The van der Waals surface area contributed by atoms with Crippen LogP contribution < -0.4 is 5.32 Å². The van der Waals surface area contributed by atoms with Crippen LogP contribution in [0.25, 0.3) is 33.8 Å². The molecule has 0 amide bonds. The minimum Gasteiger partial charge on any atom is -0.394 e. The first-order valence-electron chi connectivity index (χ1n) is 9.46. The highest BCUT2D eigenvalue weighted by molar-refractivity contribution is 5.86. The van der Waals surface area contributed by atoms with Gasteiger partial charge < -0.3 is 25.4 Å². The van der Waals surface area contributed by atoms with Crippen LogP contribution in [0.1, 0.15) is 6.23 Å². The number of ether oxygens (including phenoxy) is 1. The Balaban J connectivity index is 1.64. The number of aliphatic hydroxyl groups excluding tert-OH is 3. The number of aromatic amines is 1. The average molecular weight is 425 g/mol. The molecule has 5 rings (SSSR count). The molecule has 0 spiro atoms. The van der Waals surface area contributed by atoms with Crippen molar-refractivity contribution in [1.82, 2.24) is 39.7 Å². The number of hydrogen-bond donors (Lipinski definition) is 5. The maximum Gasteiger partial charge on any atom is 0.182 e. The van der Waals surface area contributed by atoms with E-state index >= 15 is 0 Å². The Morgan fingerprint density at radius 2 is 1.97 bits per heavy atom. The van der Waals surface area contributed by atoms with Crippen LogP contribution in [-0.2, 0) is 4.74 Å². The van der Waals surface area contributed by atoms with Crippen molar-refractivity contribution < 1.29 is 20.1 Å².